The van der Waals surface area contributed by atoms with Crippen LogP contribution in [0.15, 0.2) is 51.8 Å². The molecule has 0 amide bonds. The molecule has 21 heavy (non-hydrogen) atoms. The summed E-state index contributed by atoms with van der Waals surface area (Å²) in [6, 6.07) is 8.23. The molecule has 0 saturated carbocycles. The first-order valence-corrected chi connectivity index (χ1v) is 7.79. The van der Waals surface area contributed by atoms with Crippen LogP contribution < -0.4 is 4.72 Å². The van der Waals surface area contributed by atoms with Gasteiger partial charge in [-0.15, -0.1) is 0 Å². The van der Waals surface area contributed by atoms with Crippen LogP contribution in [0.3, 0.4) is 0 Å². The Labute approximate surface area is 127 Å². The van der Waals surface area contributed by atoms with Crippen LogP contribution in [-0.4, -0.2) is 13.3 Å². The number of non-ortho nitro benzene ring substituents is 1. The summed E-state index contributed by atoms with van der Waals surface area (Å²) in [7, 11) is -3.97. The lowest BCUT2D eigenvalue weighted by atomic mass is 10.3. The zero-order chi connectivity index (χ0) is 15.6. The molecule has 0 spiro atoms. The molecule has 0 saturated heterocycles. The van der Waals surface area contributed by atoms with Gasteiger partial charge in [0, 0.05) is 17.8 Å². The van der Waals surface area contributed by atoms with Crippen molar-refractivity contribution in [3.8, 4) is 0 Å². The van der Waals surface area contributed by atoms with E-state index in [1.165, 1.54) is 36.4 Å². The molecule has 0 aliphatic rings. The third-order valence-electron chi connectivity index (χ3n) is 2.53. The van der Waals surface area contributed by atoms with E-state index in [1.807, 2.05) is 0 Å². The van der Waals surface area contributed by atoms with Gasteiger partial charge in [-0.05, 0) is 46.3 Å². The highest BCUT2D eigenvalue weighted by atomic mass is 79.9. The van der Waals surface area contributed by atoms with E-state index >= 15 is 0 Å². The molecule has 0 heterocycles. The maximum Gasteiger partial charge on any atom is 0.269 e. The molecule has 6 nitrogen and oxygen atoms in total. The Morgan fingerprint density at radius 1 is 1.14 bits per heavy atom. The van der Waals surface area contributed by atoms with Crippen molar-refractivity contribution in [3.63, 3.8) is 0 Å². The summed E-state index contributed by atoms with van der Waals surface area (Å²) < 4.78 is 39.9. The van der Waals surface area contributed by atoms with Crippen molar-refractivity contribution in [2.75, 3.05) is 4.72 Å². The standard InChI is InChI=1S/C12H8BrFN2O4S/c13-11-6-5-10(7-12(11)14)21(19,20)15-8-1-3-9(4-2-8)16(17)18/h1-7,15H. The van der Waals surface area contributed by atoms with Crippen LogP contribution in [0.5, 0.6) is 0 Å². The van der Waals surface area contributed by atoms with Crippen molar-refractivity contribution in [2.24, 2.45) is 0 Å². The predicted octanol–water partition coefficient (Wildman–Crippen LogP) is 3.30. The summed E-state index contributed by atoms with van der Waals surface area (Å²) in [5.74, 6) is -0.707. The van der Waals surface area contributed by atoms with Crippen molar-refractivity contribution in [2.45, 2.75) is 4.90 Å². The normalized spacial score (nSPS) is 11.1. The van der Waals surface area contributed by atoms with E-state index in [9.17, 15) is 22.9 Å². The molecule has 0 radical (unpaired) electrons. The van der Waals surface area contributed by atoms with Crippen LogP contribution >= 0.6 is 15.9 Å². The molecule has 1 N–H and O–H groups in total. The molecule has 110 valence electrons. The van der Waals surface area contributed by atoms with Crippen LogP contribution in [-0.2, 0) is 10.0 Å². The molecule has 9 heteroatoms. The molecule has 0 bridgehead atoms. The van der Waals surface area contributed by atoms with Gasteiger partial charge < -0.3 is 0 Å². The van der Waals surface area contributed by atoms with Crippen molar-refractivity contribution >= 4 is 37.3 Å². The van der Waals surface area contributed by atoms with E-state index < -0.39 is 20.8 Å². The predicted molar refractivity (Wildman–Crippen MR) is 78.0 cm³/mol. The lowest BCUT2D eigenvalue weighted by Gasteiger charge is -2.08. The Kier molecular flexibility index (Phi) is 4.24. The fraction of sp³-hybridized carbons (Fsp3) is 0. The molecule has 2 rings (SSSR count). The summed E-state index contributed by atoms with van der Waals surface area (Å²) in [6.45, 7) is 0. The van der Waals surface area contributed by atoms with Crippen molar-refractivity contribution in [3.05, 3.63) is 62.9 Å². The number of hydrogen-bond donors (Lipinski definition) is 1. The van der Waals surface area contributed by atoms with Gasteiger partial charge in [0.05, 0.1) is 14.3 Å². The quantitative estimate of drug-likeness (QED) is 0.656. The molecule has 0 aromatic heterocycles. The first-order valence-electron chi connectivity index (χ1n) is 5.52. The largest absolute Gasteiger partial charge is 0.280 e. The lowest BCUT2D eigenvalue weighted by molar-refractivity contribution is -0.384. The van der Waals surface area contributed by atoms with Gasteiger partial charge in [-0.3, -0.25) is 14.8 Å². The highest BCUT2D eigenvalue weighted by Crippen LogP contribution is 2.22. The van der Waals surface area contributed by atoms with Crippen LogP contribution in [0, 0.1) is 15.9 Å². The zero-order valence-corrected chi connectivity index (χ0v) is 12.7. The molecule has 0 fully saturated rings. The number of nitrogens with one attached hydrogen (secondary N) is 1. The van der Waals surface area contributed by atoms with E-state index in [4.69, 9.17) is 0 Å². The van der Waals surface area contributed by atoms with E-state index in [2.05, 4.69) is 20.7 Å². The second-order valence-corrected chi connectivity index (χ2v) is 6.52. The lowest BCUT2D eigenvalue weighted by Crippen LogP contribution is -2.13. The fourth-order valence-electron chi connectivity index (χ4n) is 1.51. The molecule has 2 aromatic carbocycles. The first kappa shape index (κ1) is 15.4. The van der Waals surface area contributed by atoms with Gasteiger partial charge in [0.25, 0.3) is 15.7 Å². The number of anilines is 1. The van der Waals surface area contributed by atoms with Crippen molar-refractivity contribution in [1.29, 1.82) is 0 Å². The number of benzene rings is 2. The van der Waals surface area contributed by atoms with E-state index in [1.54, 1.807) is 0 Å². The van der Waals surface area contributed by atoms with Crippen LogP contribution in [0.4, 0.5) is 15.8 Å². The van der Waals surface area contributed by atoms with Crippen LogP contribution in [0.1, 0.15) is 0 Å². The van der Waals surface area contributed by atoms with Gasteiger partial charge in [-0.25, -0.2) is 12.8 Å². The zero-order valence-electron chi connectivity index (χ0n) is 10.3. The number of nitrogens with zero attached hydrogens (tertiary/aromatic N) is 1. The summed E-state index contributed by atoms with van der Waals surface area (Å²) >= 11 is 2.93. The van der Waals surface area contributed by atoms with Gasteiger partial charge in [-0.1, -0.05) is 0 Å². The van der Waals surface area contributed by atoms with Gasteiger partial charge in [-0.2, -0.15) is 0 Å². The molecule has 0 atom stereocenters. The number of hydrogen-bond acceptors (Lipinski definition) is 4. The fourth-order valence-corrected chi connectivity index (χ4v) is 2.83. The summed E-state index contributed by atoms with van der Waals surface area (Å²) in [4.78, 5) is 9.67. The van der Waals surface area contributed by atoms with E-state index in [-0.39, 0.29) is 20.7 Å². The number of rotatable bonds is 4. The Hall–Kier alpha value is -2.00. The molecule has 0 aliphatic carbocycles. The molecule has 0 aliphatic heterocycles. The van der Waals surface area contributed by atoms with E-state index in [0.717, 1.165) is 6.07 Å². The maximum absolute atomic E-state index is 13.4. The number of nitro benzene ring substituents is 1. The Morgan fingerprint density at radius 3 is 2.29 bits per heavy atom. The summed E-state index contributed by atoms with van der Waals surface area (Å²) in [5, 5.41) is 10.5. The third kappa shape index (κ3) is 3.56. The van der Waals surface area contributed by atoms with E-state index in [0.29, 0.717) is 0 Å². The second kappa shape index (κ2) is 5.78. The van der Waals surface area contributed by atoms with Gasteiger partial charge in [0.2, 0.25) is 0 Å². The van der Waals surface area contributed by atoms with Gasteiger partial charge in [0.1, 0.15) is 5.82 Å². The minimum absolute atomic E-state index is 0.143. The maximum atomic E-state index is 13.4. The number of sulfonamides is 1. The number of halogens is 2. The molecule has 2 aromatic rings. The summed E-state index contributed by atoms with van der Waals surface area (Å²) in [5.41, 5.74) is -0.0171. The third-order valence-corrected chi connectivity index (χ3v) is 4.55. The molecular formula is C12H8BrFN2O4S. The molecular weight excluding hydrogens is 367 g/mol. The highest BCUT2D eigenvalue weighted by molar-refractivity contribution is 9.10. The monoisotopic (exact) mass is 374 g/mol. The van der Waals surface area contributed by atoms with Crippen molar-refractivity contribution < 1.29 is 17.7 Å². The molecule has 0 unspecified atom stereocenters. The average molecular weight is 375 g/mol. The topological polar surface area (TPSA) is 89.3 Å². The summed E-state index contributed by atoms with van der Waals surface area (Å²) in [6.07, 6.45) is 0. The second-order valence-electron chi connectivity index (χ2n) is 3.99. The van der Waals surface area contributed by atoms with Gasteiger partial charge in [0.15, 0.2) is 0 Å². The highest BCUT2D eigenvalue weighted by Gasteiger charge is 2.16. The van der Waals surface area contributed by atoms with Crippen LogP contribution in [0.2, 0.25) is 0 Å². The van der Waals surface area contributed by atoms with Gasteiger partial charge >= 0.3 is 0 Å². The minimum atomic E-state index is -3.97. The SMILES string of the molecule is O=[N+]([O-])c1ccc(NS(=O)(=O)c2ccc(Br)c(F)c2)cc1. The minimum Gasteiger partial charge on any atom is -0.280 e. The first-order chi connectivity index (χ1) is 9.79. The Morgan fingerprint density at radius 2 is 1.76 bits per heavy atom. The number of nitro groups is 1. The van der Waals surface area contributed by atoms with Crippen molar-refractivity contribution in [1.82, 2.24) is 0 Å². The Balaban J connectivity index is 2.28. The smallest absolute Gasteiger partial charge is 0.269 e. The average Bonchev–Trinajstić information content (AvgIpc) is 2.42. The Bertz CT molecular complexity index is 793. The van der Waals surface area contributed by atoms with Crippen LogP contribution in [0.25, 0.3) is 0 Å².